The van der Waals surface area contributed by atoms with Crippen molar-refractivity contribution in [2.24, 2.45) is 0 Å². The summed E-state index contributed by atoms with van der Waals surface area (Å²) in [5.74, 6) is 0.307. The summed E-state index contributed by atoms with van der Waals surface area (Å²) < 4.78 is 20.5. The molecule has 1 atom stereocenters. The van der Waals surface area contributed by atoms with Crippen molar-refractivity contribution in [3.8, 4) is 17.1 Å². The Bertz CT molecular complexity index is 1190. The van der Waals surface area contributed by atoms with Gasteiger partial charge in [0.05, 0.1) is 41.1 Å². The fourth-order valence-corrected chi connectivity index (χ4v) is 5.23. The average Bonchev–Trinajstić information content (AvgIpc) is 3.54. The van der Waals surface area contributed by atoms with Gasteiger partial charge >= 0.3 is 0 Å². The van der Waals surface area contributed by atoms with Crippen LogP contribution >= 0.6 is 11.3 Å². The van der Waals surface area contributed by atoms with Crippen LogP contribution in [0.4, 0.5) is 10.8 Å². The van der Waals surface area contributed by atoms with Gasteiger partial charge < -0.3 is 10.1 Å². The molecule has 2 aromatic heterocycles. The third-order valence-corrected chi connectivity index (χ3v) is 7.76. The summed E-state index contributed by atoms with van der Waals surface area (Å²) in [7, 11) is -1.11. The van der Waals surface area contributed by atoms with E-state index in [-0.39, 0.29) is 11.2 Å². The number of nitrogens with one attached hydrogen (secondary N) is 2. The number of thiazole rings is 1. The standard InChI is InChI=1S/C23H27N5O3S2/c1-5-31-20-12-24-11-18(25-20)15-6-9-17(14(2)10-15)26-21(29)23(3,4)19-13-32-22(27-19)28-33(30)16-7-8-16/h6,9-13,16H,5,7-8H2,1-4H3,(H,26,29)(H,27,28). The molecule has 10 heteroatoms. The second-order valence-corrected chi connectivity index (χ2v) is 10.7. The highest BCUT2D eigenvalue weighted by Crippen LogP contribution is 2.32. The Hall–Kier alpha value is -2.85. The van der Waals surface area contributed by atoms with Gasteiger partial charge in [-0.2, -0.15) is 0 Å². The monoisotopic (exact) mass is 485 g/mol. The van der Waals surface area contributed by atoms with Gasteiger partial charge in [-0.1, -0.05) is 6.07 Å². The van der Waals surface area contributed by atoms with Gasteiger partial charge in [-0.15, -0.1) is 11.3 Å². The number of anilines is 2. The van der Waals surface area contributed by atoms with E-state index in [2.05, 4.69) is 25.0 Å². The number of hydrogen-bond acceptors (Lipinski definition) is 7. The molecule has 0 spiro atoms. The third kappa shape index (κ3) is 5.39. The van der Waals surface area contributed by atoms with Crippen LogP contribution in [0, 0.1) is 6.92 Å². The van der Waals surface area contributed by atoms with Crippen molar-refractivity contribution >= 4 is 39.0 Å². The van der Waals surface area contributed by atoms with Crippen LogP contribution in [-0.2, 0) is 21.2 Å². The summed E-state index contributed by atoms with van der Waals surface area (Å²) in [5, 5.41) is 5.65. The van der Waals surface area contributed by atoms with Crippen molar-refractivity contribution in [3.05, 3.63) is 47.2 Å². The number of ether oxygens (including phenoxy) is 1. The van der Waals surface area contributed by atoms with Gasteiger partial charge in [0.1, 0.15) is 11.0 Å². The summed E-state index contributed by atoms with van der Waals surface area (Å²) in [6.07, 6.45) is 5.23. The van der Waals surface area contributed by atoms with Crippen LogP contribution in [0.2, 0.25) is 0 Å². The van der Waals surface area contributed by atoms with Gasteiger partial charge in [0.25, 0.3) is 0 Å². The Labute approximate surface area is 199 Å². The summed E-state index contributed by atoms with van der Waals surface area (Å²) in [6, 6.07) is 5.72. The molecular weight excluding hydrogens is 458 g/mol. The molecule has 174 valence electrons. The second kappa shape index (κ2) is 9.56. The van der Waals surface area contributed by atoms with Crippen LogP contribution in [0.1, 0.15) is 44.9 Å². The fraction of sp³-hybridized carbons (Fsp3) is 0.391. The number of benzene rings is 1. The van der Waals surface area contributed by atoms with Crippen molar-refractivity contribution in [2.45, 2.75) is 51.2 Å². The number of nitrogens with zero attached hydrogens (tertiary/aromatic N) is 3. The minimum absolute atomic E-state index is 0.170. The number of aryl methyl sites for hydroxylation is 1. The van der Waals surface area contributed by atoms with E-state index >= 15 is 0 Å². The fourth-order valence-electron chi connectivity index (χ4n) is 3.12. The molecule has 3 aromatic rings. The molecular formula is C23H27N5O3S2. The molecule has 0 radical (unpaired) electrons. The van der Waals surface area contributed by atoms with E-state index < -0.39 is 16.4 Å². The molecule has 2 heterocycles. The van der Waals surface area contributed by atoms with E-state index in [1.807, 2.05) is 51.3 Å². The lowest BCUT2D eigenvalue weighted by Crippen LogP contribution is -2.35. The number of aromatic nitrogens is 3. The van der Waals surface area contributed by atoms with Crippen molar-refractivity contribution in [1.82, 2.24) is 15.0 Å². The van der Waals surface area contributed by atoms with E-state index in [1.165, 1.54) is 11.3 Å². The highest BCUT2D eigenvalue weighted by atomic mass is 32.2. The van der Waals surface area contributed by atoms with E-state index in [4.69, 9.17) is 4.74 Å². The Morgan fingerprint density at radius 2 is 2.06 bits per heavy atom. The topological polar surface area (TPSA) is 106 Å². The molecule has 1 aromatic carbocycles. The summed E-state index contributed by atoms with van der Waals surface area (Å²) >= 11 is 1.36. The third-order valence-electron chi connectivity index (χ3n) is 5.40. The van der Waals surface area contributed by atoms with Crippen LogP contribution < -0.4 is 14.8 Å². The maximum Gasteiger partial charge on any atom is 0.236 e. The molecule has 33 heavy (non-hydrogen) atoms. The molecule has 4 rings (SSSR count). The Kier molecular flexibility index (Phi) is 6.76. The Morgan fingerprint density at radius 1 is 1.27 bits per heavy atom. The highest BCUT2D eigenvalue weighted by Gasteiger charge is 2.34. The smallest absolute Gasteiger partial charge is 0.236 e. The van der Waals surface area contributed by atoms with Crippen molar-refractivity contribution in [1.29, 1.82) is 0 Å². The summed E-state index contributed by atoms with van der Waals surface area (Å²) in [4.78, 5) is 26.3. The first-order valence-electron chi connectivity index (χ1n) is 10.8. The van der Waals surface area contributed by atoms with Crippen molar-refractivity contribution < 1.29 is 13.7 Å². The van der Waals surface area contributed by atoms with E-state index in [1.54, 1.807) is 12.4 Å². The molecule has 8 nitrogen and oxygen atoms in total. The molecule has 0 aliphatic heterocycles. The molecule has 0 bridgehead atoms. The van der Waals surface area contributed by atoms with Crippen LogP contribution in [0.3, 0.4) is 0 Å². The molecule has 1 unspecified atom stereocenters. The summed E-state index contributed by atoms with van der Waals surface area (Å²) in [5.41, 5.74) is 2.98. The van der Waals surface area contributed by atoms with Crippen molar-refractivity contribution in [3.63, 3.8) is 0 Å². The minimum atomic E-state index is -1.11. The zero-order chi connectivity index (χ0) is 23.6. The second-order valence-electron chi connectivity index (χ2n) is 8.42. The number of hydrogen-bond donors (Lipinski definition) is 2. The van der Waals surface area contributed by atoms with Gasteiger partial charge in [-0.05, 0) is 58.2 Å². The molecule has 2 N–H and O–H groups in total. The normalized spacial score (nSPS) is 14.5. The van der Waals surface area contributed by atoms with E-state index in [0.29, 0.717) is 34.7 Å². The van der Waals surface area contributed by atoms with Gasteiger partial charge in [0, 0.05) is 16.6 Å². The minimum Gasteiger partial charge on any atom is -0.477 e. The Morgan fingerprint density at radius 3 is 2.76 bits per heavy atom. The number of amides is 1. The predicted molar refractivity (Wildman–Crippen MR) is 132 cm³/mol. The quantitative estimate of drug-likeness (QED) is 0.463. The molecule has 1 fully saturated rings. The molecule has 1 saturated carbocycles. The largest absolute Gasteiger partial charge is 0.477 e. The van der Waals surface area contributed by atoms with E-state index in [0.717, 1.165) is 24.0 Å². The van der Waals surface area contributed by atoms with Crippen LogP contribution in [-0.4, -0.2) is 36.9 Å². The van der Waals surface area contributed by atoms with Crippen molar-refractivity contribution in [2.75, 3.05) is 16.6 Å². The first-order valence-corrected chi connectivity index (χ1v) is 12.9. The van der Waals surface area contributed by atoms with Crippen LogP contribution in [0.5, 0.6) is 5.88 Å². The van der Waals surface area contributed by atoms with Gasteiger partial charge in [-0.25, -0.2) is 14.2 Å². The lowest BCUT2D eigenvalue weighted by atomic mass is 9.88. The number of carbonyl (C=O) groups is 1. The molecule has 1 aliphatic rings. The van der Waals surface area contributed by atoms with Gasteiger partial charge in [0.2, 0.25) is 11.8 Å². The molecule has 1 aliphatic carbocycles. The summed E-state index contributed by atoms with van der Waals surface area (Å²) in [6.45, 7) is 8.02. The first-order chi connectivity index (χ1) is 15.8. The zero-order valence-corrected chi connectivity index (χ0v) is 20.7. The molecule has 1 amide bonds. The number of rotatable bonds is 9. The first kappa shape index (κ1) is 23.3. The number of carbonyl (C=O) groups excluding carboxylic acids is 1. The molecule has 0 saturated heterocycles. The predicted octanol–water partition coefficient (Wildman–Crippen LogP) is 4.46. The average molecular weight is 486 g/mol. The van der Waals surface area contributed by atoms with Gasteiger partial charge in [-0.3, -0.25) is 14.5 Å². The highest BCUT2D eigenvalue weighted by molar-refractivity contribution is 7.87. The maximum absolute atomic E-state index is 13.1. The lowest BCUT2D eigenvalue weighted by molar-refractivity contribution is -0.120. The van der Waals surface area contributed by atoms with Gasteiger partial charge in [0.15, 0.2) is 5.13 Å². The Balaban J connectivity index is 1.46. The van der Waals surface area contributed by atoms with Crippen LogP contribution in [0.25, 0.3) is 11.3 Å². The lowest BCUT2D eigenvalue weighted by Gasteiger charge is -2.22. The zero-order valence-electron chi connectivity index (χ0n) is 19.0. The maximum atomic E-state index is 13.1. The van der Waals surface area contributed by atoms with Crippen LogP contribution in [0.15, 0.2) is 36.0 Å². The SMILES string of the molecule is CCOc1cncc(-c2ccc(NC(=O)C(C)(C)c3csc(NS(=O)C4CC4)n3)c(C)c2)n1. The van der Waals surface area contributed by atoms with E-state index in [9.17, 15) is 9.00 Å².